The molecule has 0 bridgehead atoms. The number of urea groups is 1. The largest absolute Gasteiger partial charge is 0.497 e. The molecule has 0 unspecified atom stereocenters. The first-order valence-corrected chi connectivity index (χ1v) is 9.83. The maximum Gasteiger partial charge on any atom is 0.322 e. The number of nitrogens with one attached hydrogen (secondary N) is 2. The second kappa shape index (κ2) is 9.20. The quantitative estimate of drug-likeness (QED) is 0.646. The Balaban J connectivity index is 0.000000261. The molecule has 0 aromatic heterocycles. The zero-order valence-corrected chi connectivity index (χ0v) is 16.2. The second-order valence-electron chi connectivity index (χ2n) is 5.72. The highest BCUT2D eigenvalue weighted by Crippen LogP contribution is 2.24. The number of sulfonamides is 1. The Labute approximate surface area is 162 Å². The summed E-state index contributed by atoms with van der Waals surface area (Å²) in [6.07, 6.45) is 0.650. The van der Waals surface area contributed by atoms with Crippen molar-refractivity contribution in [2.75, 3.05) is 7.11 Å². The number of amides is 3. The molecule has 3 rings (SSSR count). The van der Waals surface area contributed by atoms with Crippen LogP contribution >= 0.6 is 0 Å². The highest BCUT2D eigenvalue weighted by molar-refractivity contribution is 7.89. The molecule has 1 fully saturated rings. The molecule has 3 amide bonds. The van der Waals surface area contributed by atoms with Crippen molar-refractivity contribution in [3.8, 4) is 17.2 Å². The maximum atomic E-state index is 11.1. The van der Waals surface area contributed by atoms with Crippen molar-refractivity contribution >= 4 is 22.0 Å². The topological polar surface area (TPSA) is 137 Å². The third kappa shape index (κ3) is 5.96. The molecule has 1 aliphatic rings. The molecule has 0 saturated carbocycles. The number of ether oxygens (including phenoxy) is 2. The average molecular weight is 407 g/mol. The van der Waals surface area contributed by atoms with Gasteiger partial charge in [-0.1, -0.05) is 6.92 Å². The number of hydrogen-bond acceptors (Lipinski definition) is 6. The van der Waals surface area contributed by atoms with Crippen LogP contribution in [0.15, 0.2) is 53.4 Å². The van der Waals surface area contributed by atoms with E-state index in [1.165, 1.54) is 12.1 Å². The smallest absolute Gasteiger partial charge is 0.322 e. The molecular weight excluding hydrogens is 386 g/mol. The summed E-state index contributed by atoms with van der Waals surface area (Å²) in [7, 11) is -2.09. The van der Waals surface area contributed by atoms with Crippen LogP contribution < -0.4 is 25.2 Å². The molecule has 9 nitrogen and oxygen atoms in total. The molecule has 2 aromatic rings. The van der Waals surface area contributed by atoms with Gasteiger partial charge in [0.2, 0.25) is 10.0 Å². The van der Waals surface area contributed by atoms with E-state index in [9.17, 15) is 18.0 Å². The van der Waals surface area contributed by atoms with E-state index in [0.29, 0.717) is 17.9 Å². The zero-order chi connectivity index (χ0) is 20.7. The number of methoxy groups -OCH3 is 1. The first-order chi connectivity index (χ1) is 13.2. The molecule has 28 heavy (non-hydrogen) atoms. The van der Waals surface area contributed by atoms with Gasteiger partial charge in [-0.15, -0.1) is 0 Å². The number of imide groups is 1. The van der Waals surface area contributed by atoms with Crippen molar-refractivity contribution in [1.82, 2.24) is 10.6 Å². The van der Waals surface area contributed by atoms with Crippen LogP contribution in [0.4, 0.5) is 4.79 Å². The van der Waals surface area contributed by atoms with Crippen LogP contribution in [0.25, 0.3) is 0 Å². The van der Waals surface area contributed by atoms with E-state index >= 15 is 0 Å². The maximum absolute atomic E-state index is 11.1. The number of primary sulfonamides is 1. The first kappa shape index (κ1) is 21.2. The minimum absolute atomic E-state index is 0.0505. The lowest BCUT2D eigenvalue weighted by molar-refractivity contribution is -0.120. The Morgan fingerprint density at radius 2 is 1.46 bits per heavy atom. The summed E-state index contributed by atoms with van der Waals surface area (Å²) in [6.45, 7) is 1.84. The molecule has 0 radical (unpaired) electrons. The number of carbonyl (C=O) groups is 2. The van der Waals surface area contributed by atoms with Gasteiger partial charge in [0.25, 0.3) is 5.91 Å². The minimum atomic E-state index is -3.67. The Morgan fingerprint density at radius 1 is 0.964 bits per heavy atom. The van der Waals surface area contributed by atoms with E-state index < -0.39 is 10.0 Å². The Morgan fingerprint density at radius 3 is 1.82 bits per heavy atom. The summed E-state index contributed by atoms with van der Waals surface area (Å²) in [5, 5.41) is 9.59. The van der Waals surface area contributed by atoms with E-state index in [1.54, 1.807) is 43.5 Å². The molecule has 1 atom stereocenters. The number of rotatable bonds is 5. The lowest BCUT2D eigenvalue weighted by Crippen LogP contribution is -2.27. The van der Waals surface area contributed by atoms with Gasteiger partial charge < -0.3 is 14.8 Å². The number of benzene rings is 2. The fourth-order valence-corrected chi connectivity index (χ4v) is 2.74. The third-order valence-corrected chi connectivity index (χ3v) is 4.64. The molecule has 0 spiro atoms. The molecule has 150 valence electrons. The number of nitrogens with two attached hydrogens (primary N) is 1. The molecule has 0 aliphatic carbocycles. The Hall–Kier alpha value is -3.11. The third-order valence-electron chi connectivity index (χ3n) is 3.71. The van der Waals surface area contributed by atoms with E-state index in [2.05, 4.69) is 10.6 Å². The molecule has 1 saturated heterocycles. The predicted molar refractivity (Wildman–Crippen MR) is 102 cm³/mol. The second-order valence-corrected chi connectivity index (χ2v) is 7.28. The van der Waals surface area contributed by atoms with Gasteiger partial charge in [-0.05, 0) is 55.0 Å². The summed E-state index contributed by atoms with van der Waals surface area (Å²) in [5.41, 5.74) is 0. The first-order valence-electron chi connectivity index (χ1n) is 8.29. The van der Waals surface area contributed by atoms with Crippen molar-refractivity contribution in [3.63, 3.8) is 0 Å². The van der Waals surface area contributed by atoms with Crippen molar-refractivity contribution in [2.24, 2.45) is 5.14 Å². The van der Waals surface area contributed by atoms with Crippen LogP contribution in [-0.4, -0.2) is 33.5 Å². The molecule has 1 aliphatic heterocycles. The molecule has 4 N–H and O–H groups in total. The minimum Gasteiger partial charge on any atom is -0.497 e. The molecule has 1 heterocycles. The van der Waals surface area contributed by atoms with Crippen LogP contribution in [0.3, 0.4) is 0 Å². The van der Waals surface area contributed by atoms with Gasteiger partial charge in [-0.2, -0.15) is 0 Å². The van der Waals surface area contributed by atoms with Gasteiger partial charge in [-0.3, -0.25) is 10.1 Å². The summed E-state index contributed by atoms with van der Waals surface area (Å²) < 4.78 is 32.8. The normalized spacial score (nSPS) is 15.8. The van der Waals surface area contributed by atoms with Crippen LogP contribution in [0, 0.1) is 0 Å². The SMILES string of the molecule is CC[C@@H]1NC(=O)NC1=O.COc1ccc(Oc2ccc(S(N)(=O)=O)cc2)cc1. The summed E-state index contributed by atoms with van der Waals surface area (Å²) in [5.74, 6) is 1.67. The lowest BCUT2D eigenvalue weighted by Gasteiger charge is -2.07. The molecule has 10 heteroatoms. The predicted octanol–water partition coefficient (Wildman–Crippen LogP) is 1.74. The van der Waals surface area contributed by atoms with E-state index in [0.717, 1.165) is 5.75 Å². The van der Waals surface area contributed by atoms with Crippen LogP contribution in [-0.2, 0) is 14.8 Å². The monoisotopic (exact) mass is 407 g/mol. The lowest BCUT2D eigenvalue weighted by atomic mass is 10.2. The number of carbonyl (C=O) groups excluding carboxylic acids is 2. The van der Waals surface area contributed by atoms with Crippen molar-refractivity contribution in [3.05, 3.63) is 48.5 Å². The fourth-order valence-electron chi connectivity index (χ4n) is 2.22. The van der Waals surface area contributed by atoms with E-state index in [4.69, 9.17) is 14.6 Å². The fraction of sp³-hybridized carbons (Fsp3) is 0.222. The average Bonchev–Trinajstić information content (AvgIpc) is 3.00. The number of hydrogen-bond donors (Lipinski definition) is 3. The van der Waals surface area contributed by atoms with Crippen molar-refractivity contribution in [2.45, 2.75) is 24.3 Å². The van der Waals surface area contributed by atoms with Gasteiger partial charge in [-0.25, -0.2) is 18.4 Å². The van der Waals surface area contributed by atoms with Gasteiger partial charge in [0.15, 0.2) is 0 Å². The van der Waals surface area contributed by atoms with Gasteiger partial charge >= 0.3 is 6.03 Å². The summed E-state index contributed by atoms with van der Waals surface area (Å²) in [4.78, 5) is 21.1. The van der Waals surface area contributed by atoms with Gasteiger partial charge in [0.1, 0.15) is 23.3 Å². The Bertz CT molecular complexity index is 927. The van der Waals surface area contributed by atoms with Crippen molar-refractivity contribution in [1.29, 1.82) is 0 Å². The van der Waals surface area contributed by atoms with E-state index in [-0.39, 0.29) is 22.9 Å². The summed E-state index contributed by atoms with van der Waals surface area (Å²) in [6, 6.07) is 12.3. The zero-order valence-electron chi connectivity index (χ0n) is 15.3. The standard InChI is InChI=1S/C13H13NO4S.C5H8N2O2/c1-17-10-2-4-11(5-3-10)18-12-6-8-13(9-7-12)19(14,15)16;1-2-3-4(8)7-5(9)6-3/h2-9H,1H3,(H2,14,15,16);3H,2H2,1H3,(H2,6,7,8,9)/t;3-/m.0/s1. The van der Waals surface area contributed by atoms with Crippen LogP contribution in [0.1, 0.15) is 13.3 Å². The highest BCUT2D eigenvalue weighted by Gasteiger charge is 2.26. The highest BCUT2D eigenvalue weighted by atomic mass is 32.2. The van der Waals surface area contributed by atoms with Crippen molar-refractivity contribution < 1.29 is 27.5 Å². The molecule has 2 aromatic carbocycles. The van der Waals surface area contributed by atoms with Gasteiger partial charge in [0, 0.05) is 0 Å². The van der Waals surface area contributed by atoms with E-state index in [1.807, 2.05) is 6.92 Å². The van der Waals surface area contributed by atoms with Crippen LogP contribution in [0.2, 0.25) is 0 Å². The van der Waals surface area contributed by atoms with Gasteiger partial charge in [0.05, 0.1) is 12.0 Å². The molecular formula is C18H21N3O6S. The summed E-state index contributed by atoms with van der Waals surface area (Å²) >= 11 is 0. The van der Waals surface area contributed by atoms with Crippen LogP contribution in [0.5, 0.6) is 17.2 Å². The Kier molecular flexibility index (Phi) is 6.96.